The van der Waals surface area contributed by atoms with Gasteiger partial charge in [0.15, 0.2) is 0 Å². The highest BCUT2D eigenvalue weighted by molar-refractivity contribution is 5.97. The monoisotopic (exact) mass is 413 g/mol. The normalized spacial score (nSPS) is 16.5. The Morgan fingerprint density at radius 1 is 1.06 bits per heavy atom. The molecule has 3 heterocycles. The minimum Gasteiger partial charge on any atom is -0.387 e. The zero-order chi connectivity index (χ0) is 21.5. The first-order chi connectivity index (χ1) is 15.0. The number of nitrogens with zero attached hydrogens (tertiary/aromatic N) is 3. The van der Waals surface area contributed by atoms with Crippen LogP contribution in [0.2, 0.25) is 0 Å². The van der Waals surface area contributed by atoms with Crippen molar-refractivity contribution in [3.8, 4) is 11.1 Å². The second-order valence-electron chi connectivity index (χ2n) is 8.18. The number of rotatable bonds is 3. The Morgan fingerprint density at radius 3 is 2.71 bits per heavy atom. The number of benzene rings is 2. The number of halogens is 1. The van der Waals surface area contributed by atoms with Gasteiger partial charge < -0.3 is 10.6 Å². The predicted molar refractivity (Wildman–Crippen MR) is 123 cm³/mol. The van der Waals surface area contributed by atoms with Gasteiger partial charge in [0.25, 0.3) is 0 Å². The molecule has 5 rings (SSSR count). The molecule has 1 unspecified atom stereocenters. The van der Waals surface area contributed by atoms with E-state index in [0.29, 0.717) is 17.0 Å². The summed E-state index contributed by atoms with van der Waals surface area (Å²) in [5.74, 6) is 0.332. The third-order valence-corrected chi connectivity index (χ3v) is 5.85. The highest BCUT2D eigenvalue weighted by Gasteiger charge is 2.17. The van der Waals surface area contributed by atoms with E-state index in [-0.39, 0.29) is 11.9 Å². The second kappa shape index (κ2) is 7.61. The van der Waals surface area contributed by atoms with Crippen molar-refractivity contribution in [1.82, 2.24) is 20.3 Å². The van der Waals surface area contributed by atoms with Gasteiger partial charge in [-0.25, -0.2) is 14.4 Å². The molecular weight excluding hydrogens is 389 g/mol. The highest BCUT2D eigenvalue weighted by Crippen LogP contribution is 2.33. The minimum atomic E-state index is -0.284. The van der Waals surface area contributed by atoms with E-state index in [0.717, 1.165) is 58.3 Å². The van der Waals surface area contributed by atoms with Gasteiger partial charge >= 0.3 is 0 Å². The summed E-state index contributed by atoms with van der Waals surface area (Å²) >= 11 is 0. The van der Waals surface area contributed by atoms with Crippen LogP contribution in [0, 0.1) is 19.7 Å². The maximum absolute atomic E-state index is 14.9. The van der Waals surface area contributed by atoms with Crippen LogP contribution < -0.4 is 10.6 Å². The number of hydrogen-bond acceptors (Lipinski definition) is 5. The average molecular weight is 414 g/mol. The lowest BCUT2D eigenvalue weighted by Gasteiger charge is -2.26. The van der Waals surface area contributed by atoms with E-state index in [2.05, 4.69) is 27.2 Å². The van der Waals surface area contributed by atoms with Gasteiger partial charge in [-0.15, -0.1) is 0 Å². The van der Waals surface area contributed by atoms with Gasteiger partial charge in [0.1, 0.15) is 5.82 Å². The van der Waals surface area contributed by atoms with Crippen molar-refractivity contribution in [2.45, 2.75) is 32.7 Å². The number of anilines is 1. The maximum Gasteiger partial charge on any atom is 0.223 e. The molecule has 0 spiro atoms. The lowest BCUT2D eigenvalue weighted by Crippen LogP contribution is -2.37. The molecule has 1 fully saturated rings. The molecule has 1 aliphatic heterocycles. The molecule has 2 aromatic carbocycles. The largest absolute Gasteiger partial charge is 0.387 e. The first-order valence-corrected chi connectivity index (χ1v) is 10.5. The molecule has 2 N–H and O–H groups in total. The minimum absolute atomic E-state index is 0.265. The molecule has 4 aromatic rings. The van der Waals surface area contributed by atoms with Crippen LogP contribution in [0.4, 0.5) is 10.3 Å². The molecule has 31 heavy (non-hydrogen) atoms. The summed E-state index contributed by atoms with van der Waals surface area (Å²) in [6.45, 7) is 8.66. The average Bonchev–Trinajstić information content (AvgIpc) is 2.75. The lowest BCUT2D eigenvalue weighted by atomic mass is 9.99. The third kappa shape index (κ3) is 3.69. The van der Waals surface area contributed by atoms with Crippen LogP contribution >= 0.6 is 0 Å². The molecule has 0 aliphatic carbocycles. The molecule has 1 atom stereocenters. The van der Waals surface area contributed by atoms with Gasteiger partial charge in [0, 0.05) is 40.3 Å². The van der Waals surface area contributed by atoms with Crippen LogP contribution in [0.3, 0.4) is 0 Å². The molecule has 6 heteroatoms. The Labute approximate surface area is 180 Å². The summed E-state index contributed by atoms with van der Waals surface area (Å²) in [6.07, 6.45) is 1.94. The van der Waals surface area contributed by atoms with Crippen molar-refractivity contribution in [1.29, 1.82) is 0 Å². The molecule has 5 nitrogen and oxygen atoms in total. The maximum atomic E-state index is 14.9. The van der Waals surface area contributed by atoms with Crippen LogP contribution in [0.25, 0.3) is 32.9 Å². The standard InChI is InChI=1S/C25H24FN5/c1-14-5-9-19(13-27-14)30-25-29-16(3)20-12-18(8-11-22(20)31-25)23-21(26)10-7-17-6-4-15(2)28-24(17)23/h4,6-8,10-12,19,27H,1,5,9,13H2,2-3H3,(H,29,30,31). The highest BCUT2D eigenvalue weighted by atomic mass is 19.1. The zero-order valence-electron chi connectivity index (χ0n) is 17.7. The molecule has 0 bridgehead atoms. The molecule has 0 radical (unpaired) electrons. The topological polar surface area (TPSA) is 62.7 Å². The van der Waals surface area contributed by atoms with E-state index < -0.39 is 0 Å². The van der Waals surface area contributed by atoms with Crippen molar-refractivity contribution in [3.63, 3.8) is 0 Å². The lowest BCUT2D eigenvalue weighted by molar-refractivity contribution is 0.535. The van der Waals surface area contributed by atoms with Gasteiger partial charge in [0.2, 0.25) is 5.95 Å². The van der Waals surface area contributed by atoms with Crippen LogP contribution in [0.1, 0.15) is 24.2 Å². The van der Waals surface area contributed by atoms with Gasteiger partial charge in [-0.3, -0.25) is 4.98 Å². The summed E-state index contributed by atoms with van der Waals surface area (Å²) < 4.78 is 14.9. The van der Waals surface area contributed by atoms with E-state index >= 15 is 0 Å². The number of fused-ring (bicyclic) bond motifs is 2. The van der Waals surface area contributed by atoms with E-state index in [1.165, 1.54) is 6.07 Å². The van der Waals surface area contributed by atoms with E-state index in [9.17, 15) is 4.39 Å². The Morgan fingerprint density at radius 2 is 1.90 bits per heavy atom. The Bertz CT molecular complexity index is 1320. The van der Waals surface area contributed by atoms with Gasteiger partial charge in [-0.2, -0.15) is 0 Å². The summed E-state index contributed by atoms with van der Waals surface area (Å²) in [7, 11) is 0. The Kier molecular flexibility index (Phi) is 4.77. The number of allylic oxidation sites excluding steroid dienone is 1. The summed E-state index contributed by atoms with van der Waals surface area (Å²) in [6, 6.07) is 13.2. The summed E-state index contributed by atoms with van der Waals surface area (Å²) in [5, 5.41) is 8.54. The molecule has 156 valence electrons. The smallest absolute Gasteiger partial charge is 0.223 e. The van der Waals surface area contributed by atoms with Crippen molar-refractivity contribution in [2.75, 3.05) is 11.9 Å². The molecule has 2 aromatic heterocycles. The molecular formula is C25H24FN5. The van der Waals surface area contributed by atoms with Crippen molar-refractivity contribution < 1.29 is 4.39 Å². The fourth-order valence-electron chi connectivity index (χ4n) is 4.15. The fraction of sp³-hybridized carbons (Fsp3) is 0.240. The quantitative estimate of drug-likeness (QED) is 0.479. The zero-order valence-corrected chi connectivity index (χ0v) is 17.7. The fourth-order valence-corrected chi connectivity index (χ4v) is 4.15. The molecule has 0 amide bonds. The van der Waals surface area contributed by atoms with Gasteiger partial charge in [-0.1, -0.05) is 18.7 Å². The number of pyridine rings is 1. The third-order valence-electron chi connectivity index (χ3n) is 5.85. The van der Waals surface area contributed by atoms with E-state index in [1.54, 1.807) is 6.07 Å². The summed E-state index contributed by atoms with van der Waals surface area (Å²) in [5.41, 5.74) is 5.57. The Hall–Kier alpha value is -3.54. The van der Waals surface area contributed by atoms with Crippen LogP contribution in [0.5, 0.6) is 0 Å². The van der Waals surface area contributed by atoms with Crippen LogP contribution in [0.15, 0.2) is 54.7 Å². The van der Waals surface area contributed by atoms with Crippen molar-refractivity contribution in [2.24, 2.45) is 0 Å². The van der Waals surface area contributed by atoms with Crippen LogP contribution in [-0.4, -0.2) is 27.5 Å². The van der Waals surface area contributed by atoms with Gasteiger partial charge in [0.05, 0.1) is 16.7 Å². The van der Waals surface area contributed by atoms with Crippen molar-refractivity contribution in [3.05, 3.63) is 71.9 Å². The van der Waals surface area contributed by atoms with Gasteiger partial charge in [-0.05, 0) is 62.6 Å². The number of nitrogens with one attached hydrogen (secondary N) is 2. The first kappa shape index (κ1) is 19.4. The second-order valence-corrected chi connectivity index (χ2v) is 8.18. The molecule has 1 aliphatic rings. The molecule has 1 saturated heterocycles. The molecule has 0 saturated carbocycles. The first-order valence-electron chi connectivity index (χ1n) is 10.5. The Balaban J connectivity index is 1.55. The van der Waals surface area contributed by atoms with E-state index in [4.69, 9.17) is 4.98 Å². The number of aromatic nitrogens is 3. The number of aryl methyl sites for hydroxylation is 2. The number of hydrogen-bond donors (Lipinski definition) is 2. The predicted octanol–water partition coefficient (Wildman–Crippen LogP) is 5.28. The number of piperidine rings is 1. The SMILES string of the molecule is C=C1CCC(Nc2nc(C)c3cc(-c4c(F)ccc5ccc(C)nc45)ccc3n2)CN1. The van der Waals surface area contributed by atoms with E-state index in [1.807, 2.05) is 44.2 Å². The van der Waals surface area contributed by atoms with Crippen LogP contribution in [-0.2, 0) is 0 Å². The summed E-state index contributed by atoms with van der Waals surface area (Å²) in [4.78, 5) is 14.0. The van der Waals surface area contributed by atoms with Crippen molar-refractivity contribution >= 4 is 27.8 Å².